The number of hydrogen-bond donors (Lipinski definition) is 1. The van der Waals surface area contributed by atoms with Crippen LogP contribution in [0.1, 0.15) is 10.4 Å². The monoisotopic (exact) mass is 388 g/mol. The second-order valence-electron chi connectivity index (χ2n) is 6.63. The summed E-state index contributed by atoms with van der Waals surface area (Å²) in [7, 11) is 3.24. The van der Waals surface area contributed by atoms with Gasteiger partial charge in [-0.3, -0.25) is 24.0 Å². The fourth-order valence-electron chi connectivity index (χ4n) is 3.20. The van der Waals surface area contributed by atoms with E-state index in [4.69, 9.17) is 4.74 Å². The van der Waals surface area contributed by atoms with Gasteiger partial charge in [0.05, 0.1) is 7.11 Å². The first kappa shape index (κ1) is 19.7. The van der Waals surface area contributed by atoms with E-state index in [1.165, 1.54) is 13.3 Å². The number of methoxy groups -OCH3 is 1. The van der Waals surface area contributed by atoms with Crippen LogP contribution >= 0.6 is 0 Å². The van der Waals surface area contributed by atoms with Crippen molar-refractivity contribution in [1.82, 2.24) is 24.9 Å². The lowest BCUT2D eigenvalue weighted by atomic mass is 10.1. The van der Waals surface area contributed by atoms with Crippen molar-refractivity contribution in [2.24, 2.45) is 18.0 Å². The summed E-state index contributed by atoms with van der Waals surface area (Å²) in [5.74, 6) is -1.39. The van der Waals surface area contributed by atoms with Crippen LogP contribution in [0, 0.1) is 5.92 Å². The molecule has 3 heterocycles. The highest BCUT2D eigenvalue weighted by Crippen LogP contribution is 2.18. The summed E-state index contributed by atoms with van der Waals surface area (Å²) in [6.07, 6.45) is 6.18. The molecule has 1 unspecified atom stereocenters. The Kier molecular flexibility index (Phi) is 6.19. The number of amides is 3. The van der Waals surface area contributed by atoms with Crippen molar-refractivity contribution in [3.63, 3.8) is 0 Å². The van der Waals surface area contributed by atoms with Gasteiger partial charge in [-0.2, -0.15) is 0 Å². The molecular formula is C18H24N6O4. The Morgan fingerprint density at radius 1 is 1.29 bits per heavy atom. The maximum Gasteiger partial charge on any atom is 0.262 e. The van der Waals surface area contributed by atoms with Gasteiger partial charge in [-0.1, -0.05) is 6.08 Å². The molecule has 28 heavy (non-hydrogen) atoms. The Balaban J connectivity index is 1.42. The van der Waals surface area contributed by atoms with E-state index in [0.29, 0.717) is 50.7 Å². The van der Waals surface area contributed by atoms with Crippen molar-refractivity contribution in [2.45, 2.75) is 0 Å². The van der Waals surface area contributed by atoms with Crippen molar-refractivity contribution in [3.8, 4) is 5.88 Å². The third kappa shape index (κ3) is 4.45. The van der Waals surface area contributed by atoms with Gasteiger partial charge in [-0.25, -0.2) is 4.99 Å². The van der Waals surface area contributed by atoms with E-state index < -0.39 is 11.8 Å². The van der Waals surface area contributed by atoms with Crippen LogP contribution < -0.4 is 10.1 Å². The van der Waals surface area contributed by atoms with E-state index in [1.807, 2.05) is 0 Å². The summed E-state index contributed by atoms with van der Waals surface area (Å²) in [4.78, 5) is 43.9. The number of hydrogen-bond acceptors (Lipinski definition) is 6. The number of dihydropyridines is 1. The molecule has 0 aromatic carbocycles. The van der Waals surface area contributed by atoms with Crippen molar-refractivity contribution in [2.75, 3.05) is 46.4 Å². The molecule has 10 nitrogen and oxygen atoms in total. The predicted molar refractivity (Wildman–Crippen MR) is 101 cm³/mol. The van der Waals surface area contributed by atoms with E-state index in [2.05, 4.69) is 20.3 Å². The van der Waals surface area contributed by atoms with Crippen LogP contribution in [0.4, 0.5) is 0 Å². The lowest BCUT2D eigenvalue weighted by Crippen LogP contribution is -2.50. The minimum Gasteiger partial charge on any atom is -0.479 e. The fourth-order valence-corrected chi connectivity index (χ4v) is 3.20. The topological polar surface area (TPSA) is 109 Å². The molecule has 1 aromatic heterocycles. The Hall–Kier alpha value is -3.01. The molecule has 10 heteroatoms. The zero-order valence-corrected chi connectivity index (χ0v) is 16.0. The maximum atomic E-state index is 12.7. The quantitative estimate of drug-likeness (QED) is 0.632. The van der Waals surface area contributed by atoms with Crippen LogP contribution in [0.2, 0.25) is 0 Å². The number of aliphatic imine (C=N–C) groups is 1. The fraction of sp³-hybridized carbons (Fsp3) is 0.500. The number of carbonyl (C=O) groups excluding carboxylic acids is 3. The molecule has 0 bridgehead atoms. The Bertz CT molecular complexity index is 807. The van der Waals surface area contributed by atoms with Crippen LogP contribution in [0.25, 0.3) is 0 Å². The van der Waals surface area contributed by atoms with Crippen LogP contribution in [0.15, 0.2) is 23.3 Å². The molecule has 0 spiro atoms. The molecular weight excluding hydrogens is 364 g/mol. The highest BCUT2D eigenvalue weighted by molar-refractivity contribution is 6.07. The first-order valence-electron chi connectivity index (χ1n) is 9.11. The van der Waals surface area contributed by atoms with Crippen LogP contribution in [0.3, 0.4) is 0 Å². The Labute approximate surface area is 162 Å². The van der Waals surface area contributed by atoms with Gasteiger partial charge in [-0.15, -0.1) is 5.10 Å². The van der Waals surface area contributed by atoms with Crippen LogP contribution in [0.5, 0.6) is 5.88 Å². The lowest BCUT2D eigenvalue weighted by Gasteiger charge is -2.34. The van der Waals surface area contributed by atoms with E-state index in [1.54, 1.807) is 35.0 Å². The number of rotatable bonds is 6. The summed E-state index contributed by atoms with van der Waals surface area (Å²) < 4.78 is 6.72. The van der Waals surface area contributed by atoms with Gasteiger partial charge in [0.1, 0.15) is 11.5 Å². The molecule has 1 N–H and O–H groups in total. The van der Waals surface area contributed by atoms with Gasteiger partial charge in [0.25, 0.3) is 11.8 Å². The molecule has 150 valence electrons. The first-order valence-corrected chi connectivity index (χ1v) is 9.11. The molecule has 1 atom stereocenters. The van der Waals surface area contributed by atoms with Crippen molar-refractivity contribution >= 4 is 23.9 Å². The van der Waals surface area contributed by atoms with E-state index in [0.717, 1.165) is 0 Å². The van der Waals surface area contributed by atoms with Gasteiger partial charge in [0.15, 0.2) is 0 Å². The molecule has 2 aliphatic heterocycles. The molecule has 0 saturated carbocycles. The summed E-state index contributed by atoms with van der Waals surface area (Å²) in [5.41, 5.74) is 0.457. The number of allylic oxidation sites excluding steroid dienone is 1. The van der Waals surface area contributed by atoms with Crippen LogP contribution in [-0.2, 0) is 16.6 Å². The molecule has 3 amide bonds. The normalized spacial score (nSPS) is 19.7. The minimum absolute atomic E-state index is 0.0962. The summed E-state index contributed by atoms with van der Waals surface area (Å²) >= 11 is 0. The largest absolute Gasteiger partial charge is 0.479 e. The molecule has 0 radical (unpaired) electrons. The average molecular weight is 388 g/mol. The molecule has 1 aromatic rings. The Morgan fingerprint density at radius 2 is 2.04 bits per heavy atom. The highest BCUT2D eigenvalue weighted by Gasteiger charge is 2.27. The van der Waals surface area contributed by atoms with Crippen molar-refractivity contribution in [3.05, 3.63) is 23.9 Å². The summed E-state index contributed by atoms with van der Waals surface area (Å²) in [5, 5.41) is 6.89. The molecule has 0 aliphatic carbocycles. The first-order chi connectivity index (χ1) is 13.5. The number of nitrogens with zero attached hydrogens (tertiary/aromatic N) is 5. The van der Waals surface area contributed by atoms with Gasteiger partial charge in [-0.05, 0) is 6.08 Å². The number of aromatic nitrogens is 2. The van der Waals surface area contributed by atoms with E-state index in [9.17, 15) is 14.4 Å². The highest BCUT2D eigenvalue weighted by atomic mass is 16.5. The molecule has 1 fully saturated rings. The van der Waals surface area contributed by atoms with E-state index in [-0.39, 0.29) is 11.8 Å². The number of ether oxygens (including phenoxy) is 1. The summed E-state index contributed by atoms with van der Waals surface area (Å²) in [6.45, 7) is 3.67. The van der Waals surface area contributed by atoms with Crippen LogP contribution in [-0.4, -0.2) is 89.9 Å². The number of carbonyl (C=O) groups is 3. The number of aryl methyl sites for hydroxylation is 1. The second-order valence-corrected chi connectivity index (χ2v) is 6.63. The zero-order chi connectivity index (χ0) is 20.1. The predicted octanol–water partition coefficient (Wildman–Crippen LogP) is -0.914. The van der Waals surface area contributed by atoms with Crippen molar-refractivity contribution in [1.29, 1.82) is 0 Å². The number of nitrogens with one attached hydrogen (secondary N) is 1. The third-order valence-electron chi connectivity index (χ3n) is 4.75. The molecule has 1 saturated heterocycles. The summed E-state index contributed by atoms with van der Waals surface area (Å²) in [6, 6.07) is 0. The van der Waals surface area contributed by atoms with Gasteiger partial charge in [0.2, 0.25) is 11.8 Å². The standard InChI is InChI=1S/C18H24N6O4/c1-22-12-14(17(21-22)28-2)18(27)24-10-8-23(9-11-24)7-6-20-16(26)13-4-3-5-19-15(13)25/h3-5,12-13H,6-11H2,1-2H3,(H,20,26). The van der Waals surface area contributed by atoms with E-state index >= 15 is 0 Å². The van der Waals surface area contributed by atoms with Gasteiger partial charge in [0, 0.05) is 58.7 Å². The smallest absolute Gasteiger partial charge is 0.262 e. The van der Waals surface area contributed by atoms with Gasteiger partial charge < -0.3 is 15.0 Å². The zero-order valence-electron chi connectivity index (χ0n) is 16.0. The Morgan fingerprint density at radius 3 is 2.71 bits per heavy atom. The molecule has 3 rings (SSSR count). The molecule has 2 aliphatic rings. The second kappa shape index (κ2) is 8.79. The number of piperazine rings is 1. The lowest BCUT2D eigenvalue weighted by molar-refractivity contribution is -0.131. The average Bonchev–Trinajstić information content (AvgIpc) is 3.09. The SMILES string of the molecule is COc1nn(C)cc1C(=O)N1CCN(CCNC(=O)C2C=CC=NC2=O)CC1. The van der Waals surface area contributed by atoms with Gasteiger partial charge >= 0.3 is 0 Å². The maximum absolute atomic E-state index is 12.7. The van der Waals surface area contributed by atoms with Crippen molar-refractivity contribution < 1.29 is 19.1 Å². The minimum atomic E-state index is -0.839. The third-order valence-corrected chi connectivity index (χ3v) is 4.75.